The third kappa shape index (κ3) is 6.52. The van der Waals surface area contributed by atoms with Crippen LogP contribution in [0.2, 0.25) is 0 Å². The number of carbonyl (C=O) groups is 1. The monoisotopic (exact) mass is 442 g/mol. The predicted molar refractivity (Wildman–Crippen MR) is 107 cm³/mol. The van der Waals surface area contributed by atoms with E-state index < -0.39 is 0 Å². The maximum atomic E-state index is 12.5. The van der Waals surface area contributed by atoms with Crippen LogP contribution in [0.3, 0.4) is 0 Å². The Morgan fingerprint density at radius 2 is 1.91 bits per heavy atom. The Kier molecular flexibility index (Phi) is 11.3. The molecular weight excluding hydrogens is 411 g/mol. The average Bonchev–Trinajstić information content (AvgIpc) is 2.95. The molecule has 1 aliphatic carbocycles. The summed E-state index contributed by atoms with van der Waals surface area (Å²) in [6, 6.07) is 0. The third-order valence-corrected chi connectivity index (χ3v) is 4.75. The van der Waals surface area contributed by atoms with Crippen molar-refractivity contribution in [2.24, 2.45) is 10.4 Å². The molecule has 130 valence electrons. The second kappa shape index (κ2) is 11.4. The van der Waals surface area contributed by atoms with Crippen molar-refractivity contribution in [3.63, 3.8) is 0 Å². The van der Waals surface area contributed by atoms with E-state index in [1.165, 1.54) is 0 Å². The molecule has 0 unspecified atom stereocenters. The Balaban J connectivity index is 0.00000441. The molecule has 0 saturated heterocycles. The van der Waals surface area contributed by atoms with Crippen LogP contribution in [-0.4, -0.2) is 63.0 Å². The summed E-state index contributed by atoms with van der Waals surface area (Å²) in [4.78, 5) is 18.5. The van der Waals surface area contributed by atoms with Gasteiger partial charge in [0.25, 0.3) is 0 Å². The van der Waals surface area contributed by atoms with Crippen molar-refractivity contribution in [2.75, 3.05) is 46.2 Å². The highest BCUT2D eigenvalue weighted by molar-refractivity contribution is 14.0. The Labute approximate surface area is 156 Å². The van der Waals surface area contributed by atoms with Gasteiger partial charge in [-0.3, -0.25) is 9.79 Å². The van der Waals surface area contributed by atoms with Crippen LogP contribution >= 0.6 is 35.7 Å². The molecule has 0 bridgehead atoms. The van der Waals surface area contributed by atoms with Crippen molar-refractivity contribution in [1.29, 1.82) is 0 Å². The Bertz CT molecular complexity index is 357. The van der Waals surface area contributed by atoms with Crippen molar-refractivity contribution in [3.05, 3.63) is 0 Å². The number of guanidine groups is 1. The van der Waals surface area contributed by atoms with E-state index in [4.69, 9.17) is 0 Å². The lowest BCUT2D eigenvalue weighted by molar-refractivity contribution is -0.138. The number of hydrogen-bond acceptors (Lipinski definition) is 3. The van der Waals surface area contributed by atoms with Crippen molar-refractivity contribution in [3.8, 4) is 0 Å². The number of amides is 1. The maximum Gasteiger partial charge on any atom is 0.230 e. The SMILES string of the molecule is CN=C(NCCCSC)NCC1(C(=O)N(C)C)CCCC1.I. The van der Waals surface area contributed by atoms with Gasteiger partial charge in [-0.25, -0.2) is 0 Å². The number of nitrogens with one attached hydrogen (secondary N) is 2. The molecule has 0 aromatic carbocycles. The first kappa shape index (κ1) is 21.8. The van der Waals surface area contributed by atoms with Crippen LogP contribution in [0.25, 0.3) is 0 Å². The molecule has 2 N–H and O–H groups in total. The summed E-state index contributed by atoms with van der Waals surface area (Å²) in [6.45, 7) is 1.58. The summed E-state index contributed by atoms with van der Waals surface area (Å²) in [5, 5.41) is 6.66. The molecule has 1 amide bonds. The zero-order chi connectivity index (χ0) is 15.7. The first-order valence-corrected chi connectivity index (χ1v) is 9.10. The van der Waals surface area contributed by atoms with Gasteiger partial charge in [-0.15, -0.1) is 24.0 Å². The molecule has 0 spiro atoms. The zero-order valence-corrected chi connectivity index (χ0v) is 17.4. The molecule has 0 aromatic heterocycles. The van der Waals surface area contributed by atoms with Crippen molar-refractivity contribution < 1.29 is 4.79 Å². The van der Waals surface area contributed by atoms with Crippen LogP contribution in [0.4, 0.5) is 0 Å². The van der Waals surface area contributed by atoms with Crippen molar-refractivity contribution in [1.82, 2.24) is 15.5 Å². The molecule has 1 fully saturated rings. The normalized spacial score (nSPS) is 16.8. The van der Waals surface area contributed by atoms with Gasteiger partial charge in [0.15, 0.2) is 5.96 Å². The van der Waals surface area contributed by atoms with Gasteiger partial charge >= 0.3 is 0 Å². The Morgan fingerprint density at radius 1 is 1.27 bits per heavy atom. The van der Waals surface area contributed by atoms with Gasteiger partial charge in [0.2, 0.25) is 5.91 Å². The Hall–Kier alpha value is -0.180. The van der Waals surface area contributed by atoms with Crippen molar-refractivity contribution >= 4 is 47.6 Å². The lowest BCUT2D eigenvalue weighted by atomic mass is 9.84. The molecule has 0 aromatic rings. The number of aliphatic imine (C=N–C) groups is 1. The number of carbonyl (C=O) groups excluding carboxylic acids is 1. The minimum atomic E-state index is -0.250. The van der Waals surface area contributed by atoms with E-state index in [1.54, 1.807) is 11.9 Å². The van der Waals surface area contributed by atoms with Gasteiger partial charge < -0.3 is 15.5 Å². The highest BCUT2D eigenvalue weighted by Gasteiger charge is 2.42. The van der Waals surface area contributed by atoms with Crippen molar-refractivity contribution in [2.45, 2.75) is 32.1 Å². The summed E-state index contributed by atoms with van der Waals surface area (Å²) < 4.78 is 0. The van der Waals surface area contributed by atoms with Gasteiger partial charge in [-0.2, -0.15) is 11.8 Å². The maximum absolute atomic E-state index is 12.5. The van der Waals surface area contributed by atoms with Gasteiger partial charge in [-0.1, -0.05) is 12.8 Å². The minimum absolute atomic E-state index is 0. The summed E-state index contributed by atoms with van der Waals surface area (Å²) in [5.74, 6) is 2.19. The fourth-order valence-electron chi connectivity index (χ4n) is 2.89. The van der Waals surface area contributed by atoms with E-state index in [9.17, 15) is 4.79 Å². The molecule has 22 heavy (non-hydrogen) atoms. The highest BCUT2D eigenvalue weighted by atomic mass is 127. The fraction of sp³-hybridized carbons (Fsp3) is 0.867. The van der Waals surface area contributed by atoms with Gasteiger partial charge in [0, 0.05) is 34.2 Å². The number of nitrogens with zero attached hydrogens (tertiary/aromatic N) is 2. The minimum Gasteiger partial charge on any atom is -0.356 e. The van der Waals surface area contributed by atoms with Gasteiger partial charge in [0.1, 0.15) is 0 Å². The standard InChI is InChI=1S/C15H30N4OS.HI/c1-16-14(17-10-7-11-21-4)18-12-15(8-5-6-9-15)13(20)19(2)3;/h5-12H2,1-4H3,(H2,16,17,18);1H. The van der Waals surface area contributed by atoms with E-state index in [0.717, 1.165) is 50.4 Å². The molecule has 1 rings (SSSR count). The summed E-state index contributed by atoms with van der Waals surface area (Å²) >= 11 is 1.85. The lowest BCUT2D eigenvalue weighted by Crippen LogP contribution is -2.49. The van der Waals surface area contributed by atoms with E-state index in [2.05, 4.69) is 21.9 Å². The van der Waals surface area contributed by atoms with Gasteiger partial charge in [-0.05, 0) is 31.3 Å². The molecule has 0 radical (unpaired) electrons. The molecule has 0 atom stereocenters. The second-order valence-corrected chi connectivity index (χ2v) is 6.87. The molecule has 1 saturated carbocycles. The average molecular weight is 442 g/mol. The summed E-state index contributed by atoms with van der Waals surface area (Å²) in [7, 11) is 5.47. The summed E-state index contributed by atoms with van der Waals surface area (Å²) in [6.07, 6.45) is 7.45. The molecule has 5 nitrogen and oxygen atoms in total. The molecule has 0 aliphatic heterocycles. The molecule has 1 aliphatic rings. The van der Waals surface area contributed by atoms with Crippen LogP contribution in [0.15, 0.2) is 4.99 Å². The topological polar surface area (TPSA) is 56.7 Å². The van der Waals surface area contributed by atoms with Crippen LogP contribution in [-0.2, 0) is 4.79 Å². The van der Waals surface area contributed by atoms with E-state index >= 15 is 0 Å². The quantitative estimate of drug-likeness (QED) is 0.275. The predicted octanol–water partition coefficient (Wildman–Crippen LogP) is 2.17. The third-order valence-electron chi connectivity index (χ3n) is 4.06. The Morgan fingerprint density at radius 3 is 2.41 bits per heavy atom. The first-order valence-electron chi connectivity index (χ1n) is 7.71. The largest absolute Gasteiger partial charge is 0.356 e. The number of hydrogen-bond donors (Lipinski definition) is 2. The van der Waals surface area contributed by atoms with Crippen LogP contribution in [0.5, 0.6) is 0 Å². The molecule has 7 heteroatoms. The zero-order valence-electron chi connectivity index (χ0n) is 14.3. The van der Waals surface area contributed by atoms with Crippen LogP contribution < -0.4 is 10.6 Å². The second-order valence-electron chi connectivity index (χ2n) is 5.89. The van der Waals surface area contributed by atoms with Gasteiger partial charge in [0.05, 0.1) is 5.41 Å². The molecule has 0 heterocycles. The van der Waals surface area contributed by atoms with E-state index in [-0.39, 0.29) is 35.3 Å². The van der Waals surface area contributed by atoms with E-state index in [1.807, 2.05) is 25.9 Å². The van der Waals surface area contributed by atoms with E-state index in [0.29, 0.717) is 6.54 Å². The number of thioether (sulfide) groups is 1. The fourth-order valence-corrected chi connectivity index (χ4v) is 3.32. The van der Waals surface area contributed by atoms with Crippen LogP contribution in [0.1, 0.15) is 32.1 Å². The highest BCUT2D eigenvalue weighted by Crippen LogP contribution is 2.38. The number of halogens is 1. The smallest absolute Gasteiger partial charge is 0.230 e. The molecular formula is C15H31IN4OS. The van der Waals surface area contributed by atoms with Crippen LogP contribution in [0, 0.1) is 5.41 Å². The first-order chi connectivity index (χ1) is 10.1. The summed E-state index contributed by atoms with van der Waals surface area (Å²) in [5.41, 5.74) is -0.250. The lowest BCUT2D eigenvalue weighted by Gasteiger charge is -2.31. The number of rotatable bonds is 7.